The van der Waals surface area contributed by atoms with E-state index in [2.05, 4.69) is 15.5 Å². The molecule has 6 nitrogen and oxygen atoms in total. The predicted octanol–water partition coefficient (Wildman–Crippen LogP) is 4.73. The Morgan fingerprint density at radius 2 is 1.57 bits per heavy atom. The van der Waals surface area contributed by atoms with Crippen molar-refractivity contribution in [1.82, 2.24) is 10.2 Å². The van der Waals surface area contributed by atoms with Gasteiger partial charge in [-0.3, -0.25) is 4.79 Å². The molecule has 0 bridgehead atoms. The number of aromatic nitrogens is 2. The van der Waals surface area contributed by atoms with Crippen molar-refractivity contribution in [3.05, 3.63) is 90.0 Å². The van der Waals surface area contributed by atoms with Crippen LogP contribution in [0.4, 0.5) is 5.69 Å². The van der Waals surface area contributed by atoms with Crippen molar-refractivity contribution in [3.8, 4) is 11.3 Å². The van der Waals surface area contributed by atoms with E-state index in [0.717, 1.165) is 5.56 Å². The zero-order valence-electron chi connectivity index (χ0n) is 16.3. The number of ether oxygens (including phenoxy) is 1. The van der Waals surface area contributed by atoms with E-state index < -0.39 is 5.97 Å². The van der Waals surface area contributed by atoms with E-state index in [9.17, 15) is 9.59 Å². The quantitative estimate of drug-likeness (QED) is 0.493. The molecule has 0 saturated carbocycles. The number of fused-ring (bicyclic) bond motifs is 1. The smallest absolute Gasteiger partial charge is 0.340 e. The summed E-state index contributed by atoms with van der Waals surface area (Å²) in [4.78, 5) is 25.7. The van der Waals surface area contributed by atoms with E-state index in [1.807, 2.05) is 48.5 Å². The zero-order valence-corrected chi connectivity index (χ0v) is 16.3. The molecule has 6 heteroatoms. The number of carbonyl (C=O) groups is 2. The number of nitrogens with one attached hydrogen (secondary N) is 1. The highest BCUT2D eigenvalue weighted by Crippen LogP contribution is 2.28. The Morgan fingerprint density at radius 3 is 2.37 bits per heavy atom. The van der Waals surface area contributed by atoms with Crippen molar-refractivity contribution in [2.45, 2.75) is 6.92 Å². The Bertz CT molecular complexity index is 1220. The molecular weight excluding hydrogens is 378 g/mol. The van der Waals surface area contributed by atoms with Gasteiger partial charge in [-0.05, 0) is 25.1 Å². The molecule has 1 amide bonds. The third kappa shape index (κ3) is 3.75. The van der Waals surface area contributed by atoms with Crippen molar-refractivity contribution in [2.24, 2.45) is 0 Å². The average molecular weight is 397 g/mol. The van der Waals surface area contributed by atoms with E-state index in [1.54, 1.807) is 37.3 Å². The summed E-state index contributed by atoms with van der Waals surface area (Å²) in [6, 6.07) is 23.5. The molecule has 4 rings (SSSR count). The third-order valence-electron chi connectivity index (χ3n) is 4.61. The molecule has 0 unspecified atom stereocenters. The number of amides is 1. The van der Waals surface area contributed by atoms with Crippen LogP contribution >= 0.6 is 0 Å². The van der Waals surface area contributed by atoms with Crippen LogP contribution in [0.1, 0.15) is 27.6 Å². The topological polar surface area (TPSA) is 81.2 Å². The molecule has 30 heavy (non-hydrogen) atoms. The van der Waals surface area contributed by atoms with Gasteiger partial charge in [0.25, 0.3) is 5.91 Å². The number of nitrogens with zero attached hydrogens (tertiary/aromatic N) is 2. The summed E-state index contributed by atoms with van der Waals surface area (Å²) in [7, 11) is 0. The molecule has 1 aromatic heterocycles. The first-order valence-electron chi connectivity index (χ1n) is 9.57. The zero-order chi connectivity index (χ0) is 20.9. The van der Waals surface area contributed by atoms with Gasteiger partial charge < -0.3 is 10.1 Å². The number of para-hydroxylation sites is 1. The van der Waals surface area contributed by atoms with Crippen LogP contribution in [-0.4, -0.2) is 28.7 Å². The van der Waals surface area contributed by atoms with Crippen molar-refractivity contribution in [1.29, 1.82) is 0 Å². The standard InChI is InChI=1S/C24H19N3O3/c1-2-30-24(29)18-13-7-8-14-19(18)25-23(28)21-17-12-6-9-15-20(17)26-27-22(21)16-10-4-3-5-11-16/h3-15H,2H2,1H3,(H,25,28). The molecular formula is C24H19N3O3. The number of carbonyl (C=O) groups excluding carboxylic acids is 2. The molecule has 3 aromatic carbocycles. The first-order valence-corrected chi connectivity index (χ1v) is 9.57. The molecule has 0 fully saturated rings. The SMILES string of the molecule is CCOC(=O)c1ccccc1NC(=O)c1c(-c2ccccc2)nnc2ccccc12. The fourth-order valence-electron chi connectivity index (χ4n) is 3.25. The minimum atomic E-state index is -0.491. The largest absolute Gasteiger partial charge is 0.462 e. The van der Waals surface area contributed by atoms with Crippen molar-refractivity contribution >= 4 is 28.5 Å². The van der Waals surface area contributed by atoms with Gasteiger partial charge in [0.15, 0.2) is 0 Å². The highest BCUT2D eigenvalue weighted by molar-refractivity contribution is 6.17. The monoisotopic (exact) mass is 397 g/mol. The second-order valence-corrected chi connectivity index (χ2v) is 6.53. The van der Waals surface area contributed by atoms with Gasteiger partial charge in [0, 0.05) is 10.9 Å². The molecule has 0 aliphatic carbocycles. The van der Waals surface area contributed by atoms with Crippen LogP contribution in [0.2, 0.25) is 0 Å². The molecule has 4 aromatic rings. The van der Waals surface area contributed by atoms with Crippen molar-refractivity contribution < 1.29 is 14.3 Å². The molecule has 1 heterocycles. The van der Waals surface area contributed by atoms with Crippen LogP contribution in [0.3, 0.4) is 0 Å². The molecule has 0 aliphatic heterocycles. The summed E-state index contributed by atoms with van der Waals surface area (Å²) in [6.45, 7) is 1.98. The molecule has 148 valence electrons. The average Bonchev–Trinajstić information content (AvgIpc) is 2.79. The Balaban J connectivity index is 1.82. The maximum Gasteiger partial charge on any atom is 0.340 e. The van der Waals surface area contributed by atoms with E-state index in [1.165, 1.54) is 0 Å². The molecule has 0 radical (unpaired) electrons. The van der Waals surface area contributed by atoms with Crippen molar-refractivity contribution in [2.75, 3.05) is 11.9 Å². The number of benzene rings is 3. The number of hydrogen-bond acceptors (Lipinski definition) is 5. The lowest BCUT2D eigenvalue weighted by Crippen LogP contribution is -2.18. The molecule has 0 aliphatic rings. The van der Waals surface area contributed by atoms with Crippen LogP contribution in [0.15, 0.2) is 78.9 Å². The number of esters is 1. The fraction of sp³-hybridized carbons (Fsp3) is 0.0833. The summed E-state index contributed by atoms with van der Waals surface area (Å²) in [5.74, 6) is -0.869. The molecule has 0 spiro atoms. The van der Waals surface area contributed by atoms with Crippen molar-refractivity contribution in [3.63, 3.8) is 0 Å². The van der Waals surface area contributed by atoms with Gasteiger partial charge in [-0.1, -0.05) is 60.7 Å². The van der Waals surface area contributed by atoms with E-state index >= 15 is 0 Å². The van der Waals surface area contributed by atoms with Gasteiger partial charge in [-0.15, -0.1) is 10.2 Å². The number of anilines is 1. The summed E-state index contributed by atoms with van der Waals surface area (Å²) in [5.41, 5.74) is 2.92. The van der Waals surface area contributed by atoms with Gasteiger partial charge in [0.2, 0.25) is 0 Å². The Hall–Kier alpha value is -4.06. The highest BCUT2D eigenvalue weighted by Gasteiger charge is 2.21. The molecule has 1 N–H and O–H groups in total. The normalized spacial score (nSPS) is 10.6. The summed E-state index contributed by atoms with van der Waals surface area (Å²) < 4.78 is 5.11. The lowest BCUT2D eigenvalue weighted by Gasteiger charge is -2.14. The van der Waals surface area contributed by atoms with Gasteiger partial charge in [-0.2, -0.15) is 0 Å². The maximum absolute atomic E-state index is 13.4. The summed E-state index contributed by atoms with van der Waals surface area (Å²) in [6.07, 6.45) is 0. The predicted molar refractivity (Wildman–Crippen MR) is 115 cm³/mol. The minimum absolute atomic E-state index is 0.248. The lowest BCUT2D eigenvalue weighted by atomic mass is 10.0. The minimum Gasteiger partial charge on any atom is -0.462 e. The maximum atomic E-state index is 13.4. The van der Waals surface area contributed by atoms with Crippen LogP contribution in [0.25, 0.3) is 22.2 Å². The van der Waals surface area contributed by atoms with Crippen LogP contribution in [-0.2, 0) is 4.74 Å². The van der Waals surface area contributed by atoms with Gasteiger partial charge in [0.05, 0.1) is 28.9 Å². The summed E-state index contributed by atoms with van der Waals surface area (Å²) >= 11 is 0. The third-order valence-corrected chi connectivity index (χ3v) is 4.61. The molecule has 0 atom stereocenters. The number of hydrogen-bond donors (Lipinski definition) is 1. The summed E-state index contributed by atoms with van der Waals surface area (Å²) in [5, 5.41) is 12.1. The number of rotatable bonds is 5. The van der Waals surface area contributed by atoms with Crippen LogP contribution in [0.5, 0.6) is 0 Å². The van der Waals surface area contributed by atoms with E-state index in [4.69, 9.17) is 4.74 Å². The fourth-order valence-corrected chi connectivity index (χ4v) is 3.25. The second-order valence-electron chi connectivity index (χ2n) is 6.53. The lowest BCUT2D eigenvalue weighted by molar-refractivity contribution is 0.0527. The highest BCUT2D eigenvalue weighted by atomic mass is 16.5. The Morgan fingerprint density at radius 1 is 0.867 bits per heavy atom. The first kappa shape index (κ1) is 19.3. The van der Waals surface area contributed by atoms with Gasteiger partial charge >= 0.3 is 5.97 Å². The molecule has 0 saturated heterocycles. The van der Waals surface area contributed by atoms with Crippen LogP contribution in [0, 0.1) is 0 Å². The van der Waals surface area contributed by atoms with E-state index in [0.29, 0.717) is 33.4 Å². The van der Waals surface area contributed by atoms with Crippen LogP contribution < -0.4 is 5.32 Å². The van der Waals surface area contributed by atoms with E-state index in [-0.39, 0.29) is 12.5 Å². The Labute approximate surface area is 173 Å². The Kier molecular flexibility index (Phi) is 5.48. The van der Waals surface area contributed by atoms with Gasteiger partial charge in [-0.25, -0.2) is 4.79 Å². The first-order chi connectivity index (χ1) is 14.7. The van der Waals surface area contributed by atoms with Gasteiger partial charge in [0.1, 0.15) is 5.69 Å². The second kappa shape index (κ2) is 8.53.